The number of urea groups is 1. The number of aromatic nitrogens is 2. The lowest BCUT2D eigenvalue weighted by atomic mass is 10.0. The van der Waals surface area contributed by atoms with Gasteiger partial charge in [0.25, 0.3) is 0 Å². The molecule has 1 fully saturated rings. The van der Waals surface area contributed by atoms with Crippen molar-refractivity contribution in [3.05, 3.63) is 52.5 Å². The predicted molar refractivity (Wildman–Crippen MR) is 133 cm³/mol. The molecule has 7 nitrogen and oxygen atoms in total. The third kappa shape index (κ3) is 6.67. The molecule has 3 rings (SSSR count). The quantitative estimate of drug-likeness (QED) is 0.707. The number of benzene rings is 1. The summed E-state index contributed by atoms with van der Waals surface area (Å²) < 4.78 is 5.53. The molecule has 1 aromatic heterocycles. The van der Waals surface area contributed by atoms with E-state index in [-0.39, 0.29) is 17.5 Å². The van der Waals surface area contributed by atoms with Crippen LogP contribution in [-0.2, 0) is 17.8 Å². The molecule has 0 aliphatic carbocycles. The second-order valence-corrected chi connectivity index (χ2v) is 10.2. The molecule has 0 bridgehead atoms. The van der Waals surface area contributed by atoms with E-state index >= 15 is 0 Å². The van der Waals surface area contributed by atoms with Crippen LogP contribution in [0.4, 0.5) is 10.6 Å². The number of amides is 2. The molecule has 33 heavy (non-hydrogen) atoms. The van der Waals surface area contributed by atoms with Crippen molar-refractivity contribution < 1.29 is 9.53 Å². The highest BCUT2D eigenvalue weighted by Gasteiger charge is 2.27. The Morgan fingerprint density at radius 2 is 1.85 bits per heavy atom. The number of nitrogens with zero attached hydrogens (tertiary/aromatic N) is 4. The van der Waals surface area contributed by atoms with Gasteiger partial charge in [0.05, 0.1) is 12.3 Å². The Bertz CT molecular complexity index is 960. The average Bonchev–Trinajstić information content (AvgIpc) is 2.74. The summed E-state index contributed by atoms with van der Waals surface area (Å²) in [4.78, 5) is 26.7. The van der Waals surface area contributed by atoms with Crippen LogP contribution < -0.4 is 10.2 Å². The van der Waals surface area contributed by atoms with Gasteiger partial charge in [-0.25, -0.2) is 14.8 Å². The van der Waals surface area contributed by atoms with Gasteiger partial charge in [0, 0.05) is 56.7 Å². The molecule has 1 aliphatic heterocycles. The SMILES string of the molecule is COCc1nc(C(C)C)nc(N2CCN(C(=O)NC(C)(C)C)CC2)c1Cc1cccc(C)c1. The highest BCUT2D eigenvalue weighted by molar-refractivity contribution is 5.75. The first-order valence-corrected chi connectivity index (χ1v) is 11.8. The van der Waals surface area contributed by atoms with Crippen LogP contribution in [0.2, 0.25) is 0 Å². The number of methoxy groups -OCH3 is 1. The maximum Gasteiger partial charge on any atom is 0.317 e. The first-order chi connectivity index (χ1) is 15.6. The number of nitrogens with one attached hydrogen (secondary N) is 1. The monoisotopic (exact) mass is 453 g/mol. The van der Waals surface area contributed by atoms with Crippen LogP contribution in [0.15, 0.2) is 24.3 Å². The van der Waals surface area contributed by atoms with Crippen molar-refractivity contribution in [3.8, 4) is 0 Å². The molecular weight excluding hydrogens is 414 g/mol. The van der Waals surface area contributed by atoms with Crippen molar-refractivity contribution in [1.29, 1.82) is 0 Å². The summed E-state index contributed by atoms with van der Waals surface area (Å²) in [5.41, 5.74) is 4.28. The minimum atomic E-state index is -0.247. The normalized spacial score (nSPS) is 14.7. The number of anilines is 1. The van der Waals surface area contributed by atoms with E-state index in [2.05, 4.69) is 55.3 Å². The van der Waals surface area contributed by atoms with Crippen LogP contribution in [0.3, 0.4) is 0 Å². The standard InChI is InChI=1S/C26H39N5O2/c1-18(2)23-27-22(17-33-7)21(16-20-10-8-9-19(3)15-20)24(28-23)30-11-13-31(14-12-30)25(32)29-26(4,5)6/h8-10,15,18H,11-14,16-17H2,1-7H3,(H,29,32). The minimum Gasteiger partial charge on any atom is -0.378 e. The van der Waals surface area contributed by atoms with E-state index in [1.165, 1.54) is 11.1 Å². The Labute approximate surface area is 198 Å². The van der Waals surface area contributed by atoms with Gasteiger partial charge >= 0.3 is 6.03 Å². The minimum absolute atomic E-state index is 0.00670. The fourth-order valence-corrected chi connectivity index (χ4v) is 4.04. The lowest BCUT2D eigenvalue weighted by molar-refractivity contribution is 0.180. The van der Waals surface area contributed by atoms with E-state index < -0.39 is 0 Å². The maximum absolute atomic E-state index is 12.6. The molecule has 1 saturated heterocycles. The Hall–Kier alpha value is -2.67. The molecule has 1 N–H and O–H groups in total. The molecule has 0 atom stereocenters. The molecule has 2 aromatic rings. The summed E-state index contributed by atoms with van der Waals surface area (Å²) in [5, 5.41) is 3.07. The van der Waals surface area contributed by atoms with Gasteiger partial charge in [0.1, 0.15) is 11.6 Å². The average molecular weight is 454 g/mol. The summed E-state index contributed by atoms with van der Waals surface area (Å²) >= 11 is 0. The fraction of sp³-hybridized carbons (Fsp3) is 0.577. The second-order valence-electron chi connectivity index (χ2n) is 10.2. The van der Waals surface area contributed by atoms with Crippen LogP contribution in [0.25, 0.3) is 0 Å². The maximum atomic E-state index is 12.6. The first-order valence-electron chi connectivity index (χ1n) is 11.8. The second kappa shape index (κ2) is 10.5. The first kappa shape index (κ1) is 25.0. The topological polar surface area (TPSA) is 70.6 Å². The van der Waals surface area contributed by atoms with E-state index in [1.807, 2.05) is 25.7 Å². The number of carbonyl (C=O) groups is 1. The smallest absolute Gasteiger partial charge is 0.317 e. The van der Waals surface area contributed by atoms with E-state index in [9.17, 15) is 4.79 Å². The van der Waals surface area contributed by atoms with Gasteiger partial charge in [0.2, 0.25) is 0 Å². The van der Waals surface area contributed by atoms with Gasteiger partial charge in [-0.15, -0.1) is 0 Å². The Balaban J connectivity index is 1.91. The highest BCUT2D eigenvalue weighted by atomic mass is 16.5. The number of hydrogen-bond acceptors (Lipinski definition) is 5. The van der Waals surface area contributed by atoms with Crippen LogP contribution >= 0.6 is 0 Å². The molecule has 1 aromatic carbocycles. The highest BCUT2D eigenvalue weighted by Crippen LogP contribution is 2.28. The summed E-state index contributed by atoms with van der Waals surface area (Å²) in [6.07, 6.45) is 0.749. The Morgan fingerprint density at radius 3 is 2.42 bits per heavy atom. The number of rotatable bonds is 6. The van der Waals surface area contributed by atoms with Crippen molar-refractivity contribution in [2.45, 2.75) is 66.0 Å². The molecular formula is C26H39N5O2. The van der Waals surface area contributed by atoms with Gasteiger partial charge in [-0.1, -0.05) is 43.7 Å². The Morgan fingerprint density at radius 1 is 1.15 bits per heavy atom. The Kier molecular flexibility index (Phi) is 7.95. The molecule has 1 aliphatic rings. The molecule has 7 heteroatoms. The van der Waals surface area contributed by atoms with E-state index in [4.69, 9.17) is 14.7 Å². The van der Waals surface area contributed by atoms with E-state index in [0.29, 0.717) is 19.7 Å². The zero-order valence-corrected chi connectivity index (χ0v) is 21.2. The number of hydrogen-bond donors (Lipinski definition) is 1. The zero-order chi connectivity index (χ0) is 24.2. The van der Waals surface area contributed by atoms with Crippen LogP contribution in [0.5, 0.6) is 0 Å². The van der Waals surface area contributed by atoms with Gasteiger partial charge in [-0.3, -0.25) is 0 Å². The largest absolute Gasteiger partial charge is 0.378 e. The molecule has 0 unspecified atom stereocenters. The van der Waals surface area contributed by atoms with Crippen LogP contribution in [0.1, 0.15) is 68.7 Å². The summed E-state index contributed by atoms with van der Waals surface area (Å²) in [7, 11) is 1.71. The van der Waals surface area contributed by atoms with Gasteiger partial charge in [-0.2, -0.15) is 0 Å². The zero-order valence-electron chi connectivity index (χ0n) is 21.2. The molecule has 0 saturated carbocycles. The van der Waals surface area contributed by atoms with Crippen molar-refractivity contribution in [2.24, 2.45) is 0 Å². The van der Waals surface area contributed by atoms with Crippen molar-refractivity contribution in [3.63, 3.8) is 0 Å². The molecule has 180 valence electrons. The van der Waals surface area contributed by atoms with Crippen LogP contribution in [0, 0.1) is 6.92 Å². The third-order valence-corrected chi connectivity index (χ3v) is 5.70. The fourth-order valence-electron chi connectivity index (χ4n) is 4.04. The van der Waals surface area contributed by atoms with E-state index in [1.54, 1.807) is 7.11 Å². The number of ether oxygens (including phenoxy) is 1. The number of piperazine rings is 1. The number of carbonyl (C=O) groups excluding carboxylic acids is 1. The summed E-state index contributed by atoms with van der Waals surface area (Å²) in [6, 6.07) is 8.56. The molecule has 0 radical (unpaired) electrons. The van der Waals surface area contributed by atoms with Gasteiger partial charge < -0.3 is 19.9 Å². The molecule has 2 heterocycles. The summed E-state index contributed by atoms with van der Waals surface area (Å²) in [6.45, 7) is 15.6. The van der Waals surface area contributed by atoms with Crippen molar-refractivity contribution in [2.75, 3.05) is 38.2 Å². The number of aryl methyl sites for hydroxylation is 1. The van der Waals surface area contributed by atoms with Gasteiger partial charge in [-0.05, 0) is 33.3 Å². The lowest BCUT2D eigenvalue weighted by Gasteiger charge is -2.38. The summed E-state index contributed by atoms with van der Waals surface area (Å²) in [5.74, 6) is 2.02. The van der Waals surface area contributed by atoms with E-state index in [0.717, 1.165) is 42.4 Å². The van der Waals surface area contributed by atoms with Crippen molar-refractivity contribution in [1.82, 2.24) is 20.2 Å². The molecule has 2 amide bonds. The lowest BCUT2D eigenvalue weighted by Crippen LogP contribution is -2.55. The third-order valence-electron chi connectivity index (χ3n) is 5.70. The molecule has 0 spiro atoms. The van der Waals surface area contributed by atoms with Crippen molar-refractivity contribution >= 4 is 11.8 Å². The van der Waals surface area contributed by atoms with Crippen LogP contribution in [-0.4, -0.2) is 59.7 Å². The predicted octanol–water partition coefficient (Wildman–Crippen LogP) is 4.28. The van der Waals surface area contributed by atoms with Gasteiger partial charge in [0.15, 0.2) is 0 Å².